The monoisotopic (exact) mass is 321 g/mol. The zero-order chi connectivity index (χ0) is 12.7. The van der Waals surface area contributed by atoms with E-state index in [-0.39, 0.29) is 11.3 Å². The second-order valence-corrected chi connectivity index (χ2v) is 5.57. The number of rotatable bonds is 1. The molecule has 0 saturated carbocycles. The highest BCUT2D eigenvalue weighted by Gasteiger charge is 2.16. The van der Waals surface area contributed by atoms with E-state index in [1.807, 2.05) is 23.6 Å². The molecule has 0 amide bonds. The topological polar surface area (TPSA) is 53.1 Å². The first-order valence-corrected chi connectivity index (χ1v) is 6.93. The highest BCUT2D eigenvalue weighted by molar-refractivity contribution is 9.10. The molecule has 0 radical (unpaired) electrons. The smallest absolute Gasteiger partial charge is 0.260 e. The maximum Gasteiger partial charge on any atom is 0.260 e. The van der Waals surface area contributed by atoms with E-state index >= 15 is 0 Å². The number of H-pyrrole nitrogens is 1. The normalized spacial score (nSPS) is 10.9. The lowest BCUT2D eigenvalue weighted by Crippen LogP contribution is -2.08. The molecule has 3 nitrogen and oxygen atoms in total. The first-order valence-electron chi connectivity index (χ1n) is 5.26. The molecule has 0 spiro atoms. The Morgan fingerprint density at radius 3 is 2.67 bits per heavy atom. The molecule has 1 aromatic carbocycles. The van der Waals surface area contributed by atoms with Gasteiger partial charge in [-0.3, -0.25) is 4.79 Å². The Morgan fingerprint density at radius 1 is 1.22 bits per heavy atom. The highest BCUT2D eigenvalue weighted by atomic mass is 79.9. The molecule has 2 heterocycles. The summed E-state index contributed by atoms with van der Waals surface area (Å²) in [4.78, 5) is 14.9. The van der Waals surface area contributed by atoms with Crippen LogP contribution in [0.1, 0.15) is 0 Å². The molecule has 90 valence electrons. The van der Waals surface area contributed by atoms with E-state index in [2.05, 4.69) is 20.9 Å². The van der Waals surface area contributed by atoms with E-state index in [9.17, 15) is 9.90 Å². The fourth-order valence-electron chi connectivity index (χ4n) is 1.90. The summed E-state index contributed by atoms with van der Waals surface area (Å²) < 4.78 is 1.47. The van der Waals surface area contributed by atoms with Crippen LogP contribution in [0.3, 0.4) is 0 Å². The molecule has 0 aliphatic heterocycles. The quantitative estimate of drug-likeness (QED) is 0.717. The van der Waals surface area contributed by atoms with E-state index in [1.54, 1.807) is 12.1 Å². The number of benzene rings is 1. The number of pyridine rings is 1. The van der Waals surface area contributed by atoms with Crippen LogP contribution in [0.2, 0.25) is 0 Å². The van der Waals surface area contributed by atoms with Crippen molar-refractivity contribution in [2.45, 2.75) is 0 Å². The van der Waals surface area contributed by atoms with Gasteiger partial charge in [-0.25, -0.2) is 0 Å². The summed E-state index contributed by atoms with van der Waals surface area (Å²) in [5, 5.41) is 12.1. The number of nitrogens with one attached hydrogen (secondary N) is 1. The molecule has 0 aliphatic rings. The molecule has 0 saturated heterocycles. The van der Waals surface area contributed by atoms with Crippen LogP contribution < -0.4 is 5.56 Å². The van der Waals surface area contributed by atoms with Crippen LogP contribution in [-0.2, 0) is 0 Å². The third-order valence-electron chi connectivity index (χ3n) is 2.73. The van der Waals surface area contributed by atoms with Crippen LogP contribution in [0.25, 0.3) is 21.3 Å². The van der Waals surface area contributed by atoms with Crippen LogP contribution in [0.15, 0.2) is 45.0 Å². The van der Waals surface area contributed by atoms with Gasteiger partial charge in [-0.05, 0) is 21.5 Å². The summed E-state index contributed by atoms with van der Waals surface area (Å²) in [7, 11) is 0. The van der Waals surface area contributed by atoms with Gasteiger partial charge in [0.2, 0.25) is 0 Å². The van der Waals surface area contributed by atoms with Crippen LogP contribution in [0.4, 0.5) is 0 Å². The minimum Gasteiger partial charge on any atom is -0.506 e. The average Bonchev–Trinajstić information content (AvgIpc) is 2.73. The van der Waals surface area contributed by atoms with Crippen molar-refractivity contribution >= 4 is 37.5 Å². The molecule has 3 rings (SSSR count). The van der Waals surface area contributed by atoms with Gasteiger partial charge < -0.3 is 10.1 Å². The number of hydrogen-bond acceptors (Lipinski definition) is 3. The molecule has 3 aromatic rings. The molecule has 0 unspecified atom stereocenters. The number of aromatic hydroxyl groups is 1. The second kappa shape index (κ2) is 4.26. The van der Waals surface area contributed by atoms with Crippen LogP contribution in [0.5, 0.6) is 5.75 Å². The molecule has 2 N–H and O–H groups in total. The van der Waals surface area contributed by atoms with Gasteiger partial charge in [0.15, 0.2) is 0 Å². The predicted octanol–water partition coefficient (Wildman–Crippen LogP) is 3.72. The third kappa shape index (κ3) is 1.67. The van der Waals surface area contributed by atoms with E-state index in [4.69, 9.17) is 0 Å². The van der Waals surface area contributed by atoms with Crippen molar-refractivity contribution in [3.8, 4) is 16.9 Å². The Hall–Kier alpha value is -1.59. The Kier molecular flexibility index (Phi) is 2.72. The second-order valence-electron chi connectivity index (χ2n) is 3.83. The van der Waals surface area contributed by atoms with Gasteiger partial charge >= 0.3 is 0 Å². The van der Waals surface area contributed by atoms with Gasteiger partial charge in [0.05, 0.1) is 20.3 Å². The van der Waals surface area contributed by atoms with Gasteiger partial charge in [-0.1, -0.05) is 30.3 Å². The van der Waals surface area contributed by atoms with E-state index in [0.29, 0.717) is 21.3 Å². The van der Waals surface area contributed by atoms with Crippen molar-refractivity contribution in [3.63, 3.8) is 0 Å². The summed E-state index contributed by atoms with van der Waals surface area (Å²) in [5.41, 5.74) is 1.38. The van der Waals surface area contributed by atoms with Gasteiger partial charge in [0.25, 0.3) is 5.56 Å². The Bertz CT molecular complexity index is 777. The minimum atomic E-state index is -0.287. The van der Waals surface area contributed by atoms with Gasteiger partial charge in [-0.15, -0.1) is 11.3 Å². The third-order valence-corrected chi connectivity index (χ3v) is 4.64. The number of thiophene rings is 1. The zero-order valence-electron chi connectivity index (χ0n) is 9.11. The van der Waals surface area contributed by atoms with Gasteiger partial charge in [0, 0.05) is 5.38 Å². The molecule has 0 atom stereocenters. The van der Waals surface area contributed by atoms with Crippen LogP contribution in [-0.4, -0.2) is 10.1 Å². The van der Waals surface area contributed by atoms with Crippen molar-refractivity contribution in [1.82, 2.24) is 4.98 Å². The standard InChI is InChI=1S/C13H8BrNO2S/c14-8-6-18-12-10(8)15-13(17)9(11(12)16)7-4-2-1-3-5-7/h1-6H,(H2,15,16,17). The molecular weight excluding hydrogens is 314 g/mol. The zero-order valence-corrected chi connectivity index (χ0v) is 11.5. The lowest BCUT2D eigenvalue weighted by Gasteiger charge is -2.04. The molecule has 0 fully saturated rings. The first-order chi connectivity index (χ1) is 8.68. The Morgan fingerprint density at radius 2 is 1.94 bits per heavy atom. The van der Waals surface area contributed by atoms with Crippen LogP contribution >= 0.6 is 27.3 Å². The van der Waals surface area contributed by atoms with Gasteiger partial charge in [-0.2, -0.15) is 0 Å². The summed E-state index contributed by atoms with van der Waals surface area (Å²) in [5.74, 6) is 0.0376. The summed E-state index contributed by atoms with van der Waals surface area (Å²) >= 11 is 4.74. The minimum absolute atomic E-state index is 0.0376. The van der Waals surface area contributed by atoms with Crippen molar-refractivity contribution in [2.75, 3.05) is 0 Å². The SMILES string of the molecule is O=c1[nH]c2c(Br)csc2c(O)c1-c1ccccc1. The molecule has 0 bridgehead atoms. The maximum absolute atomic E-state index is 12.1. The van der Waals surface area contributed by atoms with Gasteiger partial charge in [0.1, 0.15) is 5.75 Å². The molecule has 0 aliphatic carbocycles. The summed E-state index contributed by atoms with van der Waals surface area (Å²) in [6, 6.07) is 9.15. The fourth-order valence-corrected chi connectivity index (χ4v) is 3.44. The summed E-state index contributed by atoms with van der Waals surface area (Å²) in [6.07, 6.45) is 0. The van der Waals surface area contributed by atoms with Crippen molar-refractivity contribution in [2.24, 2.45) is 0 Å². The van der Waals surface area contributed by atoms with Crippen molar-refractivity contribution in [3.05, 3.63) is 50.5 Å². The highest BCUT2D eigenvalue weighted by Crippen LogP contribution is 2.38. The average molecular weight is 322 g/mol. The first kappa shape index (κ1) is 11.5. The Labute approximate surface area is 115 Å². The van der Waals surface area contributed by atoms with E-state index in [0.717, 1.165) is 4.47 Å². The lowest BCUT2D eigenvalue weighted by atomic mass is 10.1. The number of aromatic amines is 1. The van der Waals surface area contributed by atoms with E-state index < -0.39 is 0 Å². The predicted molar refractivity (Wildman–Crippen MR) is 77.2 cm³/mol. The van der Waals surface area contributed by atoms with Crippen molar-refractivity contribution < 1.29 is 5.11 Å². The molecule has 5 heteroatoms. The number of aromatic nitrogens is 1. The van der Waals surface area contributed by atoms with E-state index in [1.165, 1.54) is 11.3 Å². The summed E-state index contributed by atoms with van der Waals surface area (Å²) in [6.45, 7) is 0. The number of halogens is 1. The molecule has 18 heavy (non-hydrogen) atoms. The van der Waals surface area contributed by atoms with Crippen LogP contribution in [0, 0.1) is 0 Å². The lowest BCUT2D eigenvalue weighted by molar-refractivity contribution is 0.483. The number of hydrogen-bond donors (Lipinski definition) is 2. The largest absolute Gasteiger partial charge is 0.506 e. The van der Waals surface area contributed by atoms with Crippen molar-refractivity contribution in [1.29, 1.82) is 0 Å². The maximum atomic E-state index is 12.1. The Balaban J connectivity index is 2.41. The number of fused-ring (bicyclic) bond motifs is 1. The fraction of sp³-hybridized carbons (Fsp3) is 0. The molecular formula is C13H8BrNO2S. The molecule has 2 aromatic heterocycles.